The molecule has 0 spiro atoms. The molecule has 0 amide bonds. The number of aryl methyl sites for hydroxylation is 1. The van der Waals surface area contributed by atoms with E-state index < -0.39 is 0 Å². The fraction of sp³-hybridized carbons (Fsp3) is 0.235. The highest BCUT2D eigenvalue weighted by molar-refractivity contribution is 6.31. The smallest absolute Gasteiger partial charge is 0.125 e. The van der Waals surface area contributed by atoms with Gasteiger partial charge in [-0.15, -0.1) is 0 Å². The molecule has 0 heterocycles. The van der Waals surface area contributed by atoms with Crippen LogP contribution in [-0.4, -0.2) is 7.11 Å². The van der Waals surface area contributed by atoms with Crippen molar-refractivity contribution in [3.05, 3.63) is 58.1 Å². The van der Waals surface area contributed by atoms with E-state index >= 15 is 0 Å². The maximum Gasteiger partial charge on any atom is 0.125 e. The van der Waals surface area contributed by atoms with Crippen molar-refractivity contribution in [3.63, 3.8) is 0 Å². The van der Waals surface area contributed by atoms with E-state index in [0.29, 0.717) is 17.9 Å². The number of rotatable bonds is 5. The third-order valence-electron chi connectivity index (χ3n) is 3.20. The lowest BCUT2D eigenvalue weighted by atomic mass is 10.1. The fourth-order valence-electron chi connectivity index (χ4n) is 2.03. The van der Waals surface area contributed by atoms with Crippen molar-refractivity contribution in [2.24, 2.45) is 0 Å². The van der Waals surface area contributed by atoms with Crippen LogP contribution in [0.1, 0.15) is 23.6 Å². The molecule has 0 aromatic heterocycles. The summed E-state index contributed by atoms with van der Waals surface area (Å²) >= 11 is 6.09. The molecular weight excluding hydrogens is 286 g/mol. The molecule has 4 heteroatoms. The second-order valence-corrected chi connectivity index (χ2v) is 4.94. The van der Waals surface area contributed by atoms with E-state index in [1.165, 1.54) is 0 Å². The van der Waals surface area contributed by atoms with E-state index in [-0.39, 0.29) is 0 Å². The highest BCUT2D eigenvalue weighted by Crippen LogP contribution is 2.25. The van der Waals surface area contributed by atoms with Gasteiger partial charge in [0.05, 0.1) is 18.7 Å². The highest BCUT2D eigenvalue weighted by Gasteiger charge is 2.07. The minimum atomic E-state index is 0.337. The van der Waals surface area contributed by atoms with Gasteiger partial charge in [-0.3, -0.25) is 0 Å². The van der Waals surface area contributed by atoms with Crippen molar-refractivity contribution >= 4 is 11.6 Å². The Morgan fingerprint density at radius 1 is 1.14 bits per heavy atom. The molecule has 0 unspecified atom stereocenters. The van der Waals surface area contributed by atoms with Gasteiger partial charge >= 0.3 is 0 Å². The van der Waals surface area contributed by atoms with Crippen molar-refractivity contribution in [3.8, 4) is 17.6 Å². The minimum absolute atomic E-state index is 0.337. The summed E-state index contributed by atoms with van der Waals surface area (Å²) in [5.41, 5.74) is 2.47. The Labute approximate surface area is 129 Å². The summed E-state index contributed by atoms with van der Waals surface area (Å²) < 4.78 is 11.1. The van der Waals surface area contributed by atoms with Crippen molar-refractivity contribution in [2.75, 3.05) is 7.11 Å². The number of methoxy groups -OCH3 is 1. The number of nitrogens with zero attached hydrogens (tertiary/aromatic N) is 1. The number of halogens is 1. The van der Waals surface area contributed by atoms with E-state index in [0.717, 1.165) is 28.3 Å². The van der Waals surface area contributed by atoms with Crippen LogP contribution in [0.4, 0.5) is 0 Å². The van der Waals surface area contributed by atoms with E-state index in [4.69, 9.17) is 26.3 Å². The summed E-state index contributed by atoms with van der Waals surface area (Å²) in [7, 11) is 1.60. The van der Waals surface area contributed by atoms with Crippen LogP contribution in [0.3, 0.4) is 0 Å². The summed E-state index contributed by atoms with van der Waals surface area (Å²) in [6.07, 6.45) is 0.850. The molecule has 21 heavy (non-hydrogen) atoms. The third-order valence-corrected chi connectivity index (χ3v) is 3.57. The number of hydrogen-bond acceptors (Lipinski definition) is 3. The summed E-state index contributed by atoms with van der Waals surface area (Å²) in [5, 5.41) is 9.71. The number of hydrogen-bond donors (Lipinski definition) is 0. The highest BCUT2D eigenvalue weighted by atomic mass is 35.5. The molecule has 108 valence electrons. The van der Waals surface area contributed by atoms with E-state index in [2.05, 4.69) is 6.07 Å². The van der Waals surface area contributed by atoms with Crippen LogP contribution in [0.2, 0.25) is 5.02 Å². The lowest BCUT2D eigenvalue weighted by molar-refractivity contribution is 0.296. The minimum Gasteiger partial charge on any atom is -0.496 e. The average Bonchev–Trinajstić information content (AvgIpc) is 2.53. The molecule has 0 saturated heterocycles. The van der Waals surface area contributed by atoms with E-state index in [1.807, 2.05) is 25.1 Å². The Hall–Kier alpha value is -2.18. The molecule has 0 aliphatic heterocycles. The van der Waals surface area contributed by atoms with Gasteiger partial charge in [-0.2, -0.15) is 5.26 Å². The molecule has 2 aromatic rings. The fourth-order valence-corrected chi connectivity index (χ4v) is 2.29. The largest absolute Gasteiger partial charge is 0.496 e. The van der Waals surface area contributed by atoms with Gasteiger partial charge in [-0.1, -0.05) is 18.5 Å². The number of ether oxygens (including phenoxy) is 2. The van der Waals surface area contributed by atoms with Crippen molar-refractivity contribution in [2.45, 2.75) is 20.0 Å². The molecule has 0 aliphatic carbocycles. The second-order valence-electron chi connectivity index (χ2n) is 4.53. The third kappa shape index (κ3) is 3.68. The molecule has 0 aliphatic rings. The van der Waals surface area contributed by atoms with Gasteiger partial charge in [-0.05, 0) is 48.4 Å². The normalized spacial score (nSPS) is 10.0. The molecule has 0 radical (unpaired) electrons. The molecular formula is C17H16ClNO2. The van der Waals surface area contributed by atoms with Gasteiger partial charge in [0.25, 0.3) is 0 Å². The first-order valence-electron chi connectivity index (χ1n) is 6.66. The van der Waals surface area contributed by atoms with Crippen LogP contribution in [-0.2, 0) is 13.0 Å². The summed E-state index contributed by atoms with van der Waals surface area (Å²) in [4.78, 5) is 0. The predicted octanol–water partition coefficient (Wildman–Crippen LogP) is 4.36. The lowest BCUT2D eigenvalue weighted by Crippen LogP contribution is -2.00. The first-order chi connectivity index (χ1) is 10.2. The summed E-state index contributed by atoms with van der Waals surface area (Å²) in [6.45, 7) is 2.38. The molecule has 2 rings (SSSR count). The average molecular weight is 302 g/mol. The topological polar surface area (TPSA) is 42.2 Å². The Bertz CT molecular complexity index is 677. The summed E-state index contributed by atoms with van der Waals surface area (Å²) in [6, 6.07) is 13.0. The van der Waals surface area contributed by atoms with Gasteiger partial charge in [0.1, 0.15) is 18.1 Å². The predicted molar refractivity (Wildman–Crippen MR) is 82.9 cm³/mol. The maximum atomic E-state index is 8.96. The van der Waals surface area contributed by atoms with E-state index in [9.17, 15) is 0 Å². The molecule has 0 atom stereocenters. The Balaban J connectivity index is 2.18. The van der Waals surface area contributed by atoms with Gasteiger partial charge in [-0.25, -0.2) is 0 Å². The first-order valence-corrected chi connectivity index (χ1v) is 7.04. The van der Waals surface area contributed by atoms with E-state index in [1.54, 1.807) is 25.3 Å². The van der Waals surface area contributed by atoms with Gasteiger partial charge < -0.3 is 9.47 Å². The van der Waals surface area contributed by atoms with Crippen LogP contribution in [0.15, 0.2) is 36.4 Å². The van der Waals surface area contributed by atoms with Crippen molar-refractivity contribution in [1.82, 2.24) is 0 Å². The summed E-state index contributed by atoms with van der Waals surface area (Å²) in [5.74, 6) is 1.46. The molecule has 0 N–H and O–H groups in total. The maximum absolute atomic E-state index is 8.96. The zero-order valence-corrected chi connectivity index (χ0v) is 12.8. The van der Waals surface area contributed by atoms with Crippen molar-refractivity contribution < 1.29 is 9.47 Å². The van der Waals surface area contributed by atoms with Crippen LogP contribution in [0, 0.1) is 11.3 Å². The molecule has 0 bridgehead atoms. The number of nitriles is 1. The van der Waals surface area contributed by atoms with Crippen LogP contribution in [0.25, 0.3) is 0 Å². The second kappa shape index (κ2) is 7.01. The van der Waals surface area contributed by atoms with Gasteiger partial charge in [0.15, 0.2) is 0 Å². The first kappa shape index (κ1) is 15.2. The van der Waals surface area contributed by atoms with Crippen LogP contribution < -0.4 is 9.47 Å². The Morgan fingerprint density at radius 3 is 2.62 bits per heavy atom. The number of benzene rings is 2. The van der Waals surface area contributed by atoms with Crippen molar-refractivity contribution in [1.29, 1.82) is 5.26 Å². The van der Waals surface area contributed by atoms with Gasteiger partial charge in [0, 0.05) is 10.6 Å². The van der Waals surface area contributed by atoms with Gasteiger partial charge in [0.2, 0.25) is 0 Å². The zero-order valence-electron chi connectivity index (χ0n) is 12.0. The quantitative estimate of drug-likeness (QED) is 0.824. The SMILES string of the molecule is CCc1cc(OCc2cc(C#N)ccc2OC)ccc1Cl. The van der Waals surface area contributed by atoms with Crippen LogP contribution in [0.5, 0.6) is 11.5 Å². The zero-order chi connectivity index (χ0) is 15.2. The van der Waals surface area contributed by atoms with Crippen LogP contribution >= 0.6 is 11.6 Å². The monoisotopic (exact) mass is 301 g/mol. The lowest BCUT2D eigenvalue weighted by Gasteiger charge is -2.12. The molecule has 2 aromatic carbocycles. The standard InChI is InChI=1S/C17H16ClNO2/c1-3-13-9-15(5-6-16(13)18)21-11-14-8-12(10-19)4-7-17(14)20-2/h4-9H,3,11H2,1-2H3. The Kier molecular flexibility index (Phi) is 5.08. The molecule has 3 nitrogen and oxygen atoms in total. The molecule has 0 fully saturated rings. The molecule has 0 saturated carbocycles. The Morgan fingerprint density at radius 2 is 1.95 bits per heavy atom.